The summed E-state index contributed by atoms with van der Waals surface area (Å²) in [5.74, 6) is -2.54. The Morgan fingerprint density at radius 2 is 1.18 bits per heavy atom. The van der Waals surface area contributed by atoms with Gasteiger partial charge >= 0.3 is 25.7 Å². The number of carboxylic acid groups (broad SMARTS) is 1. The van der Waals surface area contributed by atoms with E-state index >= 15 is 0 Å². The van der Waals surface area contributed by atoms with Gasteiger partial charge in [-0.2, -0.15) is 0 Å². The minimum Gasteiger partial charge on any atom is -0.480 e. The van der Waals surface area contributed by atoms with Gasteiger partial charge in [-0.25, -0.2) is 4.57 Å². The van der Waals surface area contributed by atoms with Crippen LogP contribution in [0.25, 0.3) is 0 Å². The maximum absolute atomic E-state index is 12.6. The van der Waals surface area contributed by atoms with Crippen molar-refractivity contribution in [3.8, 4) is 0 Å². The molecule has 0 aliphatic heterocycles. The Kier molecular flexibility index (Phi) is 35.0. The van der Waals surface area contributed by atoms with Gasteiger partial charge in [0.2, 0.25) is 0 Å². The van der Waals surface area contributed by atoms with E-state index in [9.17, 15) is 34.1 Å². The van der Waals surface area contributed by atoms with Crippen LogP contribution in [-0.4, -0.2) is 82.3 Å². The zero-order chi connectivity index (χ0) is 41.7. The second-order valence-electron chi connectivity index (χ2n) is 14.0. The first kappa shape index (κ1) is 53.4. The number of carboxylic acids is 1. The second kappa shape index (κ2) is 36.7. The van der Waals surface area contributed by atoms with Crippen LogP contribution in [0.3, 0.4) is 0 Å². The molecule has 6 N–H and O–H groups in total. The van der Waals surface area contributed by atoms with Crippen molar-refractivity contribution in [1.29, 1.82) is 0 Å². The fourth-order valence-electron chi connectivity index (χ4n) is 5.34. The van der Waals surface area contributed by atoms with Crippen molar-refractivity contribution >= 4 is 25.7 Å². The molecular formula is C42H74NO12P. The summed E-state index contributed by atoms with van der Waals surface area (Å²) < 4.78 is 32.5. The van der Waals surface area contributed by atoms with Gasteiger partial charge in [-0.3, -0.25) is 23.4 Å². The van der Waals surface area contributed by atoms with Crippen LogP contribution < -0.4 is 5.73 Å². The number of phosphoric ester groups is 1. The summed E-state index contributed by atoms with van der Waals surface area (Å²) in [6.45, 7) is 2.44. The van der Waals surface area contributed by atoms with E-state index in [1.54, 1.807) is 0 Å². The molecular weight excluding hydrogens is 741 g/mol. The molecule has 324 valence electrons. The number of nitrogens with two attached hydrogens (primary N) is 1. The summed E-state index contributed by atoms with van der Waals surface area (Å²) in [7, 11) is -4.76. The van der Waals surface area contributed by atoms with Gasteiger partial charge in [0.05, 0.1) is 25.4 Å². The van der Waals surface area contributed by atoms with Gasteiger partial charge in [-0.05, 0) is 70.6 Å². The van der Waals surface area contributed by atoms with Crippen molar-refractivity contribution in [2.45, 2.75) is 179 Å². The SMILES string of the molecule is CC/C=C\C/C=C\C/C=C\CCCCCCCC(=O)OC[C@H](COP(=O)(O)OC[C@H](N)C(=O)O)OC(=O)CCCCCCC[C@H](O)[C@@H](O)C/C=C\CCCCC. The minimum absolute atomic E-state index is 0.0565. The number of unbranched alkanes of at least 4 members (excludes halogenated alkanes) is 12. The Morgan fingerprint density at radius 3 is 1.82 bits per heavy atom. The van der Waals surface area contributed by atoms with Gasteiger partial charge in [-0.1, -0.05) is 120 Å². The maximum Gasteiger partial charge on any atom is 0.472 e. The fraction of sp³-hybridized carbons (Fsp3) is 0.738. The Labute approximate surface area is 336 Å². The van der Waals surface area contributed by atoms with Crippen molar-refractivity contribution in [2.24, 2.45) is 5.73 Å². The van der Waals surface area contributed by atoms with Crippen LogP contribution in [-0.2, 0) is 37.5 Å². The van der Waals surface area contributed by atoms with E-state index in [1.165, 1.54) is 6.42 Å². The van der Waals surface area contributed by atoms with Crippen LogP contribution in [0.5, 0.6) is 0 Å². The van der Waals surface area contributed by atoms with Crippen LogP contribution in [0.4, 0.5) is 0 Å². The Morgan fingerprint density at radius 1 is 0.643 bits per heavy atom. The highest BCUT2D eigenvalue weighted by Gasteiger charge is 2.28. The molecule has 0 amide bonds. The standard InChI is InChI=1S/C42H74NO12P/c1-3-5-7-9-11-12-13-14-15-16-17-18-19-23-27-31-40(46)52-33-36(34-53-56(50,51)54-35-37(43)42(48)49)55-41(47)32-28-24-20-22-26-30-39(45)38(44)29-25-21-10-8-6-4-2/h5,7,11-12,14-15,21,25,36-39,44-45H,3-4,6,8-10,13,16-20,22-24,26-35,43H2,1-2H3,(H,48,49)(H,50,51)/b7-5-,12-11-,15-14-,25-21-/t36-,37+,38+,39+/m1/s1. The Hall–Kier alpha value is -2.64. The van der Waals surface area contributed by atoms with Crippen molar-refractivity contribution < 1.29 is 57.7 Å². The molecule has 0 aliphatic rings. The smallest absolute Gasteiger partial charge is 0.472 e. The first-order valence-corrected chi connectivity index (χ1v) is 22.3. The van der Waals surface area contributed by atoms with Gasteiger partial charge in [-0.15, -0.1) is 0 Å². The first-order valence-electron chi connectivity index (χ1n) is 20.8. The predicted molar refractivity (Wildman–Crippen MR) is 220 cm³/mol. The number of carbonyl (C=O) groups is 3. The van der Waals surface area contributed by atoms with Crippen LogP contribution in [0.1, 0.15) is 155 Å². The molecule has 0 heterocycles. The summed E-state index contributed by atoms with van der Waals surface area (Å²) in [6, 6.07) is -1.55. The van der Waals surface area contributed by atoms with Crippen molar-refractivity contribution in [3.63, 3.8) is 0 Å². The molecule has 0 rings (SSSR count). The molecule has 13 nitrogen and oxygen atoms in total. The normalized spacial score (nSPS) is 15.4. The number of ether oxygens (including phenoxy) is 2. The molecule has 56 heavy (non-hydrogen) atoms. The number of carbonyl (C=O) groups excluding carboxylic acids is 2. The van der Waals surface area contributed by atoms with Gasteiger partial charge in [0, 0.05) is 12.8 Å². The summed E-state index contributed by atoms with van der Waals surface area (Å²) in [5, 5.41) is 29.3. The molecule has 5 atom stereocenters. The number of allylic oxidation sites excluding steroid dienone is 7. The van der Waals surface area contributed by atoms with E-state index in [4.69, 9.17) is 24.8 Å². The summed E-state index contributed by atoms with van der Waals surface area (Å²) in [4.78, 5) is 45.9. The third kappa shape index (κ3) is 34.6. The van der Waals surface area contributed by atoms with E-state index in [2.05, 4.69) is 60.9 Å². The van der Waals surface area contributed by atoms with Crippen LogP contribution in [0.2, 0.25) is 0 Å². The van der Waals surface area contributed by atoms with E-state index in [0.717, 1.165) is 96.3 Å². The summed E-state index contributed by atoms with van der Waals surface area (Å²) in [6.07, 6.45) is 32.0. The average molecular weight is 816 g/mol. The first-order chi connectivity index (χ1) is 26.9. The molecule has 0 aromatic rings. The lowest BCUT2D eigenvalue weighted by Gasteiger charge is -2.20. The van der Waals surface area contributed by atoms with Crippen LogP contribution in [0, 0.1) is 0 Å². The molecule has 1 unspecified atom stereocenters. The highest BCUT2D eigenvalue weighted by atomic mass is 31.2. The number of hydrogen-bond acceptors (Lipinski definition) is 11. The quantitative estimate of drug-likeness (QED) is 0.0171. The lowest BCUT2D eigenvalue weighted by Crippen LogP contribution is -2.34. The van der Waals surface area contributed by atoms with Gasteiger partial charge < -0.3 is 35.4 Å². The Bertz CT molecular complexity index is 1170. The Balaban J connectivity index is 4.55. The van der Waals surface area contributed by atoms with Crippen molar-refractivity contribution in [2.75, 3.05) is 19.8 Å². The highest BCUT2D eigenvalue weighted by Crippen LogP contribution is 2.43. The molecule has 0 aromatic carbocycles. The number of aliphatic carboxylic acids is 1. The number of aliphatic hydroxyl groups is 2. The zero-order valence-corrected chi connectivity index (χ0v) is 35.1. The topological polar surface area (TPSA) is 212 Å². The maximum atomic E-state index is 12.6. The molecule has 14 heteroatoms. The molecule has 0 saturated carbocycles. The monoisotopic (exact) mass is 815 g/mol. The molecule has 0 fully saturated rings. The second-order valence-corrected chi connectivity index (χ2v) is 15.5. The van der Waals surface area contributed by atoms with Gasteiger partial charge in [0.15, 0.2) is 6.10 Å². The van der Waals surface area contributed by atoms with Gasteiger partial charge in [0.25, 0.3) is 0 Å². The number of hydrogen-bond donors (Lipinski definition) is 5. The van der Waals surface area contributed by atoms with E-state index in [0.29, 0.717) is 25.7 Å². The number of esters is 2. The third-order valence-corrected chi connectivity index (χ3v) is 9.71. The largest absolute Gasteiger partial charge is 0.480 e. The molecule has 0 saturated heterocycles. The molecule has 0 aromatic heterocycles. The lowest BCUT2D eigenvalue weighted by molar-refractivity contribution is -0.161. The third-order valence-electron chi connectivity index (χ3n) is 8.76. The van der Waals surface area contributed by atoms with E-state index in [1.807, 2.05) is 6.08 Å². The summed E-state index contributed by atoms with van der Waals surface area (Å²) >= 11 is 0. The molecule has 0 aliphatic carbocycles. The summed E-state index contributed by atoms with van der Waals surface area (Å²) in [5.41, 5.74) is 5.31. The molecule has 0 bridgehead atoms. The van der Waals surface area contributed by atoms with Crippen LogP contribution in [0.15, 0.2) is 48.6 Å². The average Bonchev–Trinajstić information content (AvgIpc) is 3.17. The zero-order valence-electron chi connectivity index (χ0n) is 34.2. The predicted octanol–water partition coefficient (Wildman–Crippen LogP) is 8.56. The van der Waals surface area contributed by atoms with Crippen molar-refractivity contribution in [1.82, 2.24) is 0 Å². The van der Waals surface area contributed by atoms with E-state index < -0.39 is 69.9 Å². The minimum atomic E-state index is -4.76. The number of aliphatic hydroxyl groups excluding tert-OH is 2. The lowest BCUT2D eigenvalue weighted by atomic mass is 10.0. The van der Waals surface area contributed by atoms with Crippen molar-refractivity contribution in [3.05, 3.63) is 48.6 Å². The molecule has 0 spiro atoms. The molecule has 0 radical (unpaired) electrons. The highest BCUT2D eigenvalue weighted by molar-refractivity contribution is 7.47. The van der Waals surface area contributed by atoms with E-state index in [-0.39, 0.29) is 12.8 Å². The number of phosphoric acid groups is 1. The number of rotatable bonds is 38. The van der Waals surface area contributed by atoms with Gasteiger partial charge in [0.1, 0.15) is 12.6 Å². The van der Waals surface area contributed by atoms with Crippen LogP contribution >= 0.6 is 7.82 Å². The fourth-order valence-corrected chi connectivity index (χ4v) is 6.11.